The van der Waals surface area contributed by atoms with Crippen molar-refractivity contribution in [1.82, 2.24) is 5.32 Å². The molecular formula is C12H19NOS. The van der Waals surface area contributed by atoms with E-state index in [0.717, 1.165) is 25.3 Å². The van der Waals surface area contributed by atoms with Crippen LogP contribution in [0.1, 0.15) is 17.5 Å². The van der Waals surface area contributed by atoms with Gasteiger partial charge in [-0.05, 0) is 25.5 Å². The van der Waals surface area contributed by atoms with Gasteiger partial charge in [-0.3, -0.25) is 4.21 Å². The van der Waals surface area contributed by atoms with Gasteiger partial charge in [0.25, 0.3) is 0 Å². The van der Waals surface area contributed by atoms with Gasteiger partial charge in [-0.1, -0.05) is 29.8 Å². The zero-order valence-electron chi connectivity index (χ0n) is 9.45. The molecular weight excluding hydrogens is 206 g/mol. The van der Waals surface area contributed by atoms with E-state index in [1.807, 2.05) is 0 Å². The van der Waals surface area contributed by atoms with Gasteiger partial charge in [0.15, 0.2) is 0 Å². The highest BCUT2D eigenvalue weighted by molar-refractivity contribution is 7.84. The molecule has 0 aliphatic heterocycles. The molecule has 0 aliphatic carbocycles. The number of aryl methyl sites for hydroxylation is 1. The number of rotatable bonds is 6. The lowest BCUT2D eigenvalue weighted by Gasteiger charge is -2.04. The summed E-state index contributed by atoms with van der Waals surface area (Å²) < 4.78 is 10.8. The average molecular weight is 225 g/mol. The molecule has 0 saturated heterocycles. The van der Waals surface area contributed by atoms with Crippen molar-refractivity contribution in [2.75, 3.05) is 18.6 Å². The Morgan fingerprint density at radius 1 is 1.27 bits per heavy atom. The SMILES string of the molecule is Cc1ccc(CNCCCS(C)=O)cc1. The number of hydrogen-bond donors (Lipinski definition) is 1. The second-order valence-electron chi connectivity index (χ2n) is 3.79. The van der Waals surface area contributed by atoms with Gasteiger partial charge in [-0.15, -0.1) is 0 Å². The Morgan fingerprint density at radius 2 is 1.93 bits per heavy atom. The fourth-order valence-electron chi connectivity index (χ4n) is 1.34. The molecule has 84 valence electrons. The van der Waals surface area contributed by atoms with Gasteiger partial charge in [-0.2, -0.15) is 0 Å². The first kappa shape index (κ1) is 12.4. The molecule has 0 aliphatic rings. The molecule has 1 aromatic rings. The van der Waals surface area contributed by atoms with Crippen LogP contribution < -0.4 is 5.32 Å². The molecule has 1 aromatic carbocycles. The third-order valence-corrected chi connectivity index (χ3v) is 3.10. The molecule has 0 radical (unpaired) electrons. The van der Waals surface area contributed by atoms with Crippen LogP contribution >= 0.6 is 0 Å². The van der Waals surface area contributed by atoms with Crippen molar-refractivity contribution in [2.45, 2.75) is 19.9 Å². The minimum Gasteiger partial charge on any atom is -0.313 e. The van der Waals surface area contributed by atoms with Crippen LogP contribution in [0.4, 0.5) is 0 Å². The summed E-state index contributed by atoms with van der Waals surface area (Å²) in [4.78, 5) is 0. The predicted molar refractivity (Wildman–Crippen MR) is 66.4 cm³/mol. The second kappa shape index (κ2) is 6.75. The lowest BCUT2D eigenvalue weighted by atomic mass is 10.1. The Bertz CT molecular complexity index is 308. The number of hydrogen-bond acceptors (Lipinski definition) is 2. The van der Waals surface area contributed by atoms with Crippen molar-refractivity contribution in [1.29, 1.82) is 0 Å². The molecule has 1 N–H and O–H groups in total. The molecule has 0 bridgehead atoms. The summed E-state index contributed by atoms with van der Waals surface area (Å²) in [6.45, 7) is 3.93. The zero-order valence-corrected chi connectivity index (χ0v) is 10.3. The molecule has 0 saturated carbocycles. The van der Waals surface area contributed by atoms with E-state index >= 15 is 0 Å². The average Bonchev–Trinajstić information content (AvgIpc) is 2.20. The molecule has 3 heteroatoms. The third kappa shape index (κ3) is 5.70. The van der Waals surface area contributed by atoms with E-state index in [4.69, 9.17) is 0 Å². The van der Waals surface area contributed by atoms with Crippen LogP contribution in [0.25, 0.3) is 0 Å². The number of benzene rings is 1. The molecule has 1 rings (SSSR count). The van der Waals surface area contributed by atoms with Gasteiger partial charge in [-0.25, -0.2) is 0 Å². The van der Waals surface area contributed by atoms with Crippen molar-refractivity contribution in [3.63, 3.8) is 0 Å². The van der Waals surface area contributed by atoms with E-state index in [2.05, 4.69) is 36.5 Å². The van der Waals surface area contributed by atoms with Gasteiger partial charge in [0.2, 0.25) is 0 Å². The highest BCUT2D eigenvalue weighted by atomic mass is 32.2. The van der Waals surface area contributed by atoms with Gasteiger partial charge in [0, 0.05) is 29.4 Å². The quantitative estimate of drug-likeness (QED) is 0.749. The van der Waals surface area contributed by atoms with Crippen molar-refractivity contribution in [2.24, 2.45) is 0 Å². The van der Waals surface area contributed by atoms with Crippen LogP contribution in [0.5, 0.6) is 0 Å². The van der Waals surface area contributed by atoms with Crippen LogP contribution in [-0.2, 0) is 17.3 Å². The Morgan fingerprint density at radius 3 is 2.53 bits per heavy atom. The molecule has 0 aromatic heterocycles. The summed E-state index contributed by atoms with van der Waals surface area (Å²) in [6, 6.07) is 8.52. The monoisotopic (exact) mass is 225 g/mol. The van der Waals surface area contributed by atoms with Crippen LogP contribution in [0.3, 0.4) is 0 Å². The molecule has 1 unspecified atom stereocenters. The highest BCUT2D eigenvalue weighted by Gasteiger charge is 1.93. The predicted octanol–water partition coefficient (Wildman–Crippen LogP) is 1.85. The van der Waals surface area contributed by atoms with Crippen LogP contribution in [0.2, 0.25) is 0 Å². The largest absolute Gasteiger partial charge is 0.313 e. The van der Waals surface area contributed by atoms with Gasteiger partial charge < -0.3 is 5.32 Å². The molecule has 2 nitrogen and oxygen atoms in total. The molecule has 15 heavy (non-hydrogen) atoms. The second-order valence-corrected chi connectivity index (χ2v) is 5.35. The summed E-state index contributed by atoms with van der Waals surface area (Å²) in [6.07, 6.45) is 2.73. The standard InChI is InChI=1S/C12H19NOS/c1-11-4-6-12(7-5-11)10-13-8-3-9-15(2)14/h4-7,13H,3,8-10H2,1-2H3. The van der Waals surface area contributed by atoms with Crippen molar-refractivity contribution >= 4 is 10.8 Å². The van der Waals surface area contributed by atoms with E-state index < -0.39 is 10.8 Å². The summed E-state index contributed by atoms with van der Waals surface area (Å²) in [7, 11) is -0.657. The van der Waals surface area contributed by atoms with Gasteiger partial charge >= 0.3 is 0 Å². The fraction of sp³-hybridized carbons (Fsp3) is 0.500. The number of nitrogens with one attached hydrogen (secondary N) is 1. The van der Waals surface area contributed by atoms with E-state index in [1.54, 1.807) is 6.26 Å². The summed E-state index contributed by atoms with van der Waals surface area (Å²) in [5.74, 6) is 0.793. The Kier molecular flexibility index (Phi) is 5.58. The molecule has 1 atom stereocenters. The lowest BCUT2D eigenvalue weighted by Crippen LogP contribution is -2.16. The highest BCUT2D eigenvalue weighted by Crippen LogP contribution is 2.02. The normalized spacial score (nSPS) is 12.7. The lowest BCUT2D eigenvalue weighted by molar-refractivity contribution is 0.662. The van der Waals surface area contributed by atoms with E-state index in [-0.39, 0.29) is 0 Å². The first-order valence-electron chi connectivity index (χ1n) is 5.25. The zero-order chi connectivity index (χ0) is 11.1. The molecule has 0 amide bonds. The molecule has 0 spiro atoms. The minimum atomic E-state index is -0.657. The molecule has 0 fully saturated rings. The fourth-order valence-corrected chi connectivity index (χ4v) is 1.89. The first-order valence-corrected chi connectivity index (χ1v) is 6.97. The van der Waals surface area contributed by atoms with E-state index in [0.29, 0.717) is 0 Å². The van der Waals surface area contributed by atoms with Crippen LogP contribution in [-0.4, -0.2) is 22.8 Å². The maximum atomic E-state index is 10.8. The third-order valence-electron chi connectivity index (χ3n) is 2.24. The minimum absolute atomic E-state index is 0.657. The topological polar surface area (TPSA) is 29.1 Å². The maximum Gasteiger partial charge on any atom is 0.0244 e. The Hall–Kier alpha value is -0.670. The van der Waals surface area contributed by atoms with E-state index in [1.165, 1.54) is 11.1 Å². The summed E-state index contributed by atoms with van der Waals surface area (Å²) in [5.41, 5.74) is 2.60. The summed E-state index contributed by atoms with van der Waals surface area (Å²) in [5, 5.41) is 3.34. The molecule has 0 heterocycles. The van der Waals surface area contributed by atoms with Crippen LogP contribution in [0.15, 0.2) is 24.3 Å². The first-order chi connectivity index (χ1) is 7.18. The van der Waals surface area contributed by atoms with Crippen molar-refractivity contribution < 1.29 is 4.21 Å². The van der Waals surface area contributed by atoms with Crippen molar-refractivity contribution in [3.8, 4) is 0 Å². The van der Waals surface area contributed by atoms with Gasteiger partial charge in [0.05, 0.1) is 0 Å². The Labute approximate surface area is 94.5 Å². The van der Waals surface area contributed by atoms with E-state index in [9.17, 15) is 4.21 Å². The van der Waals surface area contributed by atoms with Crippen molar-refractivity contribution in [3.05, 3.63) is 35.4 Å². The van der Waals surface area contributed by atoms with Gasteiger partial charge in [0.1, 0.15) is 0 Å². The summed E-state index contributed by atoms with van der Waals surface area (Å²) >= 11 is 0. The van der Waals surface area contributed by atoms with Crippen LogP contribution in [0, 0.1) is 6.92 Å². The Balaban J connectivity index is 2.15. The smallest absolute Gasteiger partial charge is 0.0244 e. The maximum absolute atomic E-state index is 10.8.